The van der Waals surface area contributed by atoms with Gasteiger partial charge in [0.05, 0.1) is 5.75 Å². The van der Waals surface area contributed by atoms with E-state index in [4.69, 9.17) is 5.73 Å². The Kier molecular flexibility index (Phi) is 6.25. The fourth-order valence-corrected chi connectivity index (χ4v) is 1.48. The number of hydrogen-bond donors (Lipinski definition) is 1. The largest absolute Gasteiger partial charge is 0.387 e. The van der Waals surface area contributed by atoms with Crippen LogP contribution in [0.15, 0.2) is 4.99 Å². The molecular weight excluding hydrogens is 168 g/mol. The fourth-order valence-electron chi connectivity index (χ4n) is 0.714. The van der Waals surface area contributed by atoms with Crippen molar-refractivity contribution in [1.82, 2.24) is 0 Å². The molecule has 0 heterocycles. The van der Waals surface area contributed by atoms with Gasteiger partial charge in [0.2, 0.25) is 0 Å². The molecule has 1 atom stereocenters. The summed E-state index contributed by atoms with van der Waals surface area (Å²) in [6.45, 7) is 8.49. The average molecular weight is 188 g/mol. The number of aliphatic imine (C=N–C) groups is 1. The predicted molar refractivity (Wildman–Crippen MR) is 59.0 cm³/mol. The van der Waals surface area contributed by atoms with Gasteiger partial charge in [0, 0.05) is 11.3 Å². The molecule has 0 rings (SSSR count). The molecule has 3 heteroatoms. The van der Waals surface area contributed by atoms with E-state index in [0.29, 0.717) is 11.3 Å². The molecule has 2 nitrogen and oxygen atoms in total. The number of hydrogen-bond acceptors (Lipinski definition) is 2. The van der Waals surface area contributed by atoms with Crippen molar-refractivity contribution in [1.29, 1.82) is 0 Å². The highest BCUT2D eigenvalue weighted by Gasteiger charge is 2.00. The number of amidine groups is 1. The minimum atomic E-state index is 0.322. The second-order valence-corrected chi connectivity index (χ2v) is 4.67. The third kappa shape index (κ3) is 6.53. The van der Waals surface area contributed by atoms with Gasteiger partial charge in [-0.25, -0.2) is 0 Å². The lowest BCUT2D eigenvalue weighted by Crippen LogP contribution is -2.18. The van der Waals surface area contributed by atoms with Gasteiger partial charge in [-0.1, -0.05) is 13.8 Å². The molecule has 0 aromatic carbocycles. The molecule has 0 spiro atoms. The van der Waals surface area contributed by atoms with Gasteiger partial charge in [-0.2, -0.15) is 11.8 Å². The molecule has 0 aliphatic carbocycles. The highest BCUT2D eigenvalue weighted by Crippen LogP contribution is 2.12. The number of nitrogens with zero attached hydrogens (tertiary/aromatic N) is 1. The summed E-state index contributed by atoms with van der Waals surface area (Å²) in [7, 11) is 0. The van der Waals surface area contributed by atoms with Crippen molar-refractivity contribution in [2.24, 2.45) is 10.7 Å². The van der Waals surface area contributed by atoms with Crippen LogP contribution in [0.3, 0.4) is 0 Å². The van der Waals surface area contributed by atoms with E-state index < -0.39 is 0 Å². The van der Waals surface area contributed by atoms with E-state index in [2.05, 4.69) is 18.8 Å². The van der Waals surface area contributed by atoms with Crippen molar-refractivity contribution in [2.75, 3.05) is 5.75 Å². The zero-order valence-electron chi connectivity index (χ0n) is 8.50. The first-order valence-corrected chi connectivity index (χ1v) is 5.54. The van der Waals surface area contributed by atoms with Crippen molar-refractivity contribution in [2.45, 2.75) is 45.4 Å². The van der Waals surface area contributed by atoms with Crippen LogP contribution in [0, 0.1) is 0 Å². The zero-order chi connectivity index (χ0) is 9.56. The van der Waals surface area contributed by atoms with Crippen molar-refractivity contribution < 1.29 is 0 Å². The van der Waals surface area contributed by atoms with Gasteiger partial charge in [-0.05, 0) is 20.3 Å². The maximum absolute atomic E-state index is 5.71. The summed E-state index contributed by atoms with van der Waals surface area (Å²) in [5, 5.41) is 0.686. The molecule has 0 aromatic heterocycles. The van der Waals surface area contributed by atoms with Crippen LogP contribution in [-0.4, -0.2) is 22.9 Å². The van der Waals surface area contributed by atoms with E-state index in [-0.39, 0.29) is 0 Å². The van der Waals surface area contributed by atoms with Gasteiger partial charge < -0.3 is 5.73 Å². The Morgan fingerprint density at radius 1 is 1.42 bits per heavy atom. The molecule has 12 heavy (non-hydrogen) atoms. The first-order valence-electron chi connectivity index (χ1n) is 4.50. The molecule has 0 aliphatic rings. The summed E-state index contributed by atoms with van der Waals surface area (Å²) >= 11 is 1.87. The second kappa shape index (κ2) is 6.35. The molecular formula is C9H20N2S. The molecule has 0 radical (unpaired) electrons. The third-order valence-electron chi connectivity index (χ3n) is 1.51. The van der Waals surface area contributed by atoms with E-state index in [1.165, 1.54) is 6.42 Å². The maximum Gasteiger partial charge on any atom is 0.104 e. The van der Waals surface area contributed by atoms with E-state index in [0.717, 1.165) is 11.6 Å². The summed E-state index contributed by atoms with van der Waals surface area (Å²) in [4.78, 5) is 4.26. The molecule has 0 bridgehead atoms. The second-order valence-electron chi connectivity index (χ2n) is 3.24. The van der Waals surface area contributed by atoms with Crippen molar-refractivity contribution in [3.63, 3.8) is 0 Å². The highest BCUT2D eigenvalue weighted by molar-refractivity contribution is 8.00. The van der Waals surface area contributed by atoms with Crippen LogP contribution in [0.4, 0.5) is 0 Å². The van der Waals surface area contributed by atoms with Crippen LogP contribution >= 0.6 is 11.8 Å². The Morgan fingerprint density at radius 2 is 2.00 bits per heavy atom. The topological polar surface area (TPSA) is 38.4 Å². The van der Waals surface area contributed by atoms with Crippen molar-refractivity contribution in [3.8, 4) is 0 Å². The quantitative estimate of drug-likeness (QED) is 0.531. The Bertz CT molecular complexity index is 143. The molecule has 0 amide bonds. The molecule has 0 aliphatic heterocycles. The van der Waals surface area contributed by atoms with Gasteiger partial charge in [0.1, 0.15) is 5.84 Å². The first kappa shape index (κ1) is 11.8. The molecule has 0 saturated carbocycles. The summed E-state index contributed by atoms with van der Waals surface area (Å²) in [6, 6.07) is 0.322. The van der Waals surface area contributed by atoms with Gasteiger partial charge in [0.15, 0.2) is 0 Å². The molecule has 0 fully saturated rings. The summed E-state index contributed by atoms with van der Waals surface area (Å²) in [5.41, 5.74) is 5.71. The molecule has 0 aromatic rings. The van der Waals surface area contributed by atoms with E-state index in [1.54, 1.807) is 0 Å². The standard InChI is InChI=1S/C9H20N2S/c1-5-8(4)12-6-9(10)11-7(2)3/h7-8H,5-6H2,1-4H3,(H2,10,11). The number of rotatable bonds is 5. The summed E-state index contributed by atoms with van der Waals surface area (Å²) in [6.07, 6.45) is 1.19. The van der Waals surface area contributed by atoms with Gasteiger partial charge in [0.25, 0.3) is 0 Å². The van der Waals surface area contributed by atoms with Crippen LogP contribution in [0.2, 0.25) is 0 Å². The number of thioether (sulfide) groups is 1. The minimum Gasteiger partial charge on any atom is -0.387 e. The van der Waals surface area contributed by atoms with E-state index in [1.807, 2.05) is 25.6 Å². The van der Waals surface area contributed by atoms with Crippen molar-refractivity contribution >= 4 is 17.6 Å². The van der Waals surface area contributed by atoms with E-state index >= 15 is 0 Å². The highest BCUT2D eigenvalue weighted by atomic mass is 32.2. The predicted octanol–water partition coefficient (Wildman–Crippen LogP) is 2.28. The monoisotopic (exact) mass is 188 g/mol. The lowest BCUT2D eigenvalue weighted by atomic mass is 10.4. The smallest absolute Gasteiger partial charge is 0.104 e. The third-order valence-corrected chi connectivity index (χ3v) is 2.88. The molecule has 2 N–H and O–H groups in total. The molecule has 0 saturated heterocycles. The van der Waals surface area contributed by atoms with Crippen LogP contribution in [0.5, 0.6) is 0 Å². The first-order chi connectivity index (χ1) is 5.56. The Labute approximate surface area is 80.0 Å². The van der Waals surface area contributed by atoms with Gasteiger partial charge >= 0.3 is 0 Å². The Morgan fingerprint density at radius 3 is 2.42 bits per heavy atom. The maximum atomic E-state index is 5.71. The summed E-state index contributed by atoms with van der Waals surface area (Å²) < 4.78 is 0. The number of nitrogens with two attached hydrogens (primary N) is 1. The Hall–Kier alpha value is -0.180. The van der Waals surface area contributed by atoms with Crippen LogP contribution in [0.1, 0.15) is 34.1 Å². The normalized spacial score (nSPS) is 15.2. The SMILES string of the molecule is CCC(C)SCC(N)=NC(C)C. The fraction of sp³-hybridized carbons (Fsp3) is 0.889. The van der Waals surface area contributed by atoms with Crippen LogP contribution in [-0.2, 0) is 0 Å². The molecule has 1 unspecified atom stereocenters. The van der Waals surface area contributed by atoms with Gasteiger partial charge in [-0.15, -0.1) is 0 Å². The Balaban J connectivity index is 3.63. The molecule has 72 valence electrons. The van der Waals surface area contributed by atoms with E-state index in [9.17, 15) is 0 Å². The van der Waals surface area contributed by atoms with Gasteiger partial charge in [-0.3, -0.25) is 4.99 Å². The van der Waals surface area contributed by atoms with Crippen LogP contribution < -0.4 is 5.73 Å². The van der Waals surface area contributed by atoms with Crippen molar-refractivity contribution in [3.05, 3.63) is 0 Å². The lowest BCUT2D eigenvalue weighted by molar-refractivity contribution is 0.833. The minimum absolute atomic E-state index is 0.322. The lowest BCUT2D eigenvalue weighted by Gasteiger charge is -2.07. The summed E-state index contributed by atoms with van der Waals surface area (Å²) in [5.74, 6) is 1.64. The zero-order valence-corrected chi connectivity index (χ0v) is 9.32. The van der Waals surface area contributed by atoms with Crippen LogP contribution in [0.25, 0.3) is 0 Å². The average Bonchev–Trinajstić information content (AvgIpc) is 1.99.